The van der Waals surface area contributed by atoms with Gasteiger partial charge in [0, 0.05) is 18.3 Å². The van der Waals surface area contributed by atoms with Crippen LogP contribution in [0.15, 0.2) is 34.2 Å². The predicted molar refractivity (Wildman–Crippen MR) is 77.7 cm³/mol. The quantitative estimate of drug-likeness (QED) is 0.852. The molecule has 21 heavy (non-hydrogen) atoms. The van der Waals surface area contributed by atoms with Crippen LogP contribution in [0.4, 0.5) is 0 Å². The average molecular weight is 288 g/mol. The number of hydrogen-bond acceptors (Lipinski definition) is 5. The van der Waals surface area contributed by atoms with E-state index in [-0.39, 0.29) is 5.56 Å². The van der Waals surface area contributed by atoms with E-state index in [1.54, 1.807) is 29.6 Å². The molecule has 1 saturated heterocycles. The first-order valence-corrected chi connectivity index (χ1v) is 7.34. The summed E-state index contributed by atoms with van der Waals surface area (Å²) < 4.78 is 7.02. The summed E-state index contributed by atoms with van der Waals surface area (Å²) in [6.07, 6.45) is 8.73. The molecular formula is C15H20N4O2. The minimum absolute atomic E-state index is 0.0761. The highest BCUT2D eigenvalue weighted by molar-refractivity contribution is 5.00. The van der Waals surface area contributed by atoms with E-state index < -0.39 is 0 Å². The van der Waals surface area contributed by atoms with Crippen LogP contribution < -0.4 is 5.56 Å². The number of nitrogens with zero attached hydrogens (tertiary/aromatic N) is 4. The molecule has 112 valence electrons. The largest absolute Gasteiger partial charge is 0.448 e. The molecule has 0 aromatic carbocycles. The highest BCUT2D eigenvalue weighted by Gasteiger charge is 2.21. The maximum atomic E-state index is 12.0. The Morgan fingerprint density at radius 2 is 2.19 bits per heavy atom. The highest BCUT2D eigenvalue weighted by atomic mass is 16.3. The second-order valence-electron chi connectivity index (χ2n) is 5.68. The maximum absolute atomic E-state index is 12.0. The minimum Gasteiger partial charge on any atom is -0.448 e. The number of aryl methyl sites for hydroxylation is 1. The molecule has 0 spiro atoms. The molecule has 0 atom stereocenters. The Kier molecular flexibility index (Phi) is 4.15. The van der Waals surface area contributed by atoms with Crippen LogP contribution in [0.3, 0.4) is 0 Å². The lowest BCUT2D eigenvalue weighted by molar-refractivity contribution is 0.154. The fourth-order valence-corrected chi connectivity index (χ4v) is 2.82. The Morgan fingerprint density at radius 1 is 1.38 bits per heavy atom. The van der Waals surface area contributed by atoms with Gasteiger partial charge in [0.15, 0.2) is 0 Å². The molecule has 3 heterocycles. The summed E-state index contributed by atoms with van der Waals surface area (Å²) >= 11 is 0. The zero-order valence-electron chi connectivity index (χ0n) is 12.2. The Morgan fingerprint density at radius 3 is 2.90 bits per heavy atom. The van der Waals surface area contributed by atoms with Crippen molar-refractivity contribution in [3.8, 4) is 0 Å². The molecule has 0 aliphatic carbocycles. The van der Waals surface area contributed by atoms with E-state index in [0.717, 1.165) is 44.9 Å². The van der Waals surface area contributed by atoms with Gasteiger partial charge in [0.05, 0.1) is 19.1 Å². The second kappa shape index (κ2) is 6.22. The summed E-state index contributed by atoms with van der Waals surface area (Å²) in [4.78, 5) is 22.6. The lowest BCUT2D eigenvalue weighted by Crippen LogP contribution is -2.36. The van der Waals surface area contributed by atoms with Crippen LogP contribution in [-0.4, -0.2) is 32.5 Å². The Bertz CT molecular complexity index is 627. The van der Waals surface area contributed by atoms with Crippen LogP contribution in [0.2, 0.25) is 0 Å². The minimum atomic E-state index is 0.0761. The van der Waals surface area contributed by atoms with Gasteiger partial charge in [-0.3, -0.25) is 14.3 Å². The molecule has 6 heteroatoms. The van der Waals surface area contributed by atoms with Crippen LogP contribution in [0.25, 0.3) is 0 Å². The van der Waals surface area contributed by atoms with Gasteiger partial charge in [-0.2, -0.15) is 0 Å². The fraction of sp³-hybridized carbons (Fsp3) is 0.533. The molecule has 0 bridgehead atoms. The van der Waals surface area contributed by atoms with Crippen molar-refractivity contribution in [1.29, 1.82) is 0 Å². The van der Waals surface area contributed by atoms with Crippen molar-refractivity contribution in [2.24, 2.45) is 5.92 Å². The van der Waals surface area contributed by atoms with E-state index >= 15 is 0 Å². The molecular weight excluding hydrogens is 268 g/mol. The van der Waals surface area contributed by atoms with E-state index in [0.29, 0.717) is 11.5 Å². The summed E-state index contributed by atoms with van der Waals surface area (Å²) in [6.45, 7) is 5.37. The van der Waals surface area contributed by atoms with Crippen molar-refractivity contribution in [3.05, 3.63) is 46.8 Å². The smallest absolute Gasteiger partial charge is 0.256 e. The molecule has 0 saturated carbocycles. The number of hydrogen-bond donors (Lipinski definition) is 0. The van der Waals surface area contributed by atoms with E-state index in [1.807, 2.05) is 6.92 Å². The molecule has 0 amide bonds. The molecule has 2 aromatic rings. The summed E-state index contributed by atoms with van der Waals surface area (Å²) in [5.41, 5.74) is 0.783. The van der Waals surface area contributed by atoms with Crippen LogP contribution in [0.5, 0.6) is 0 Å². The van der Waals surface area contributed by atoms with Gasteiger partial charge in [0.1, 0.15) is 6.26 Å². The second-order valence-corrected chi connectivity index (χ2v) is 5.68. The molecule has 6 nitrogen and oxygen atoms in total. The van der Waals surface area contributed by atoms with Crippen molar-refractivity contribution in [2.45, 2.75) is 32.9 Å². The lowest BCUT2D eigenvalue weighted by Gasteiger charge is -2.31. The normalized spacial score (nSPS) is 17.2. The standard InChI is InChI=1S/C15H20N4O2/c1-12-8-16-11-19(15(12)20)9-13-2-5-18(6-3-13)10-14-17-4-7-21-14/h4,7-8,11,13H,2-3,5-6,9-10H2,1H3. The van der Waals surface area contributed by atoms with E-state index in [9.17, 15) is 4.79 Å². The van der Waals surface area contributed by atoms with E-state index in [4.69, 9.17) is 4.42 Å². The number of aromatic nitrogens is 3. The predicted octanol–water partition coefficient (Wildman–Crippen LogP) is 1.45. The first kappa shape index (κ1) is 14.0. The zero-order chi connectivity index (χ0) is 14.7. The molecule has 0 radical (unpaired) electrons. The molecule has 2 aromatic heterocycles. The van der Waals surface area contributed by atoms with Gasteiger partial charge in [-0.05, 0) is 38.8 Å². The van der Waals surface area contributed by atoms with Crippen LogP contribution in [0.1, 0.15) is 24.3 Å². The summed E-state index contributed by atoms with van der Waals surface area (Å²) in [6, 6.07) is 0. The summed E-state index contributed by atoms with van der Waals surface area (Å²) in [5, 5.41) is 0. The monoisotopic (exact) mass is 288 g/mol. The van der Waals surface area contributed by atoms with E-state index in [2.05, 4.69) is 14.9 Å². The fourth-order valence-electron chi connectivity index (χ4n) is 2.82. The first-order chi connectivity index (χ1) is 10.2. The van der Waals surface area contributed by atoms with Crippen molar-refractivity contribution in [3.63, 3.8) is 0 Å². The van der Waals surface area contributed by atoms with Gasteiger partial charge in [-0.25, -0.2) is 9.97 Å². The van der Waals surface area contributed by atoms with Crippen LogP contribution in [0, 0.1) is 12.8 Å². The van der Waals surface area contributed by atoms with Gasteiger partial charge < -0.3 is 4.42 Å². The molecule has 1 aliphatic rings. The zero-order valence-corrected chi connectivity index (χ0v) is 12.2. The summed E-state index contributed by atoms with van der Waals surface area (Å²) in [5.74, 6) is 1.31. The number of oxazole rings is 1. The van der Waals surface area contributed by atoms with Gasteiger partial charge in [-0.15, -0.1) is 0 Å². The molecule has 1 aliphatic heterocycles. The number of rotatable bonds is 4. The third kappa shape index (κ3) is 3.39. The molecule has 3 rings (SSSR count). The Balaban J connectivity index is 1.54. The van der Waals surface area contributed by atoms with Crippen molar-refractivity contribution in [1.82, 2.24) is 19.4 Å². The Hall–Kier alpha value is -1.95. The lowest BCUT2D eigenvalue weighted by atomic mass is 9.96. The molecule has 0 unspecified atom stereocenters. The van der Waals surface area contributed by atoms with Gasteiger partial charge in [0.2, 0.25) is 5.89 Å². The third-order valence-electron chi connectivity index (χ3n) is 4.08. The van der Waals surface area contributed by atoms with Gasteiger partial charge >= 0.3 is 0 Å². The Labute approximate surface area is 123 Å². The highest BCUT2D eigenvalue weighted by Crippen LogP contribution is 2.19. The SMILES string of the molecule is Cc1cncn(CC2CCN(Cc3ncco3)CC2)c1=O. The molecule has 0 N–H and O–H groups in total. The topological polar surface area (TPSA) is 64.2 Å². The average Bonchev–Trinajstić information content (AvgIpc) is 2.99. The first-order valence-electron chi connectivity index (χ1n) is 7.34. The van der Waals surface area contributed by atoms with Crippen molar-refractivity contribution in [2.75, 3.05) is 13.1 Å². The van der Waals surface area contributed by atoms with Crippen molar-refractivity contribution >= 4 is 0 Å². The van der Waals surface area contributed by atoms with Crippen LogP contribution in [-0.2, 0) is 13.1 Å². The van der Waals surface area contributed by atoms with E-state index in [1.165, 1.54) is 0 Å². The molecule has 1 fully saturated rings. The number of likely N-dealkylation sites (tertiary alicyclic amines) is 1. The van der Waals surface area contributed by atoms with Crippen LogP contribution >= 0.6 is 0 Å². The van der Waals surface area contributed by atoms with Crippen molar-refractivity contribution < 1.29 is 4.42 Å². The summed E-state index contributed by atoms with van der Waals surface area (Å²) in [7, 11) is 0. The maximum Gasteiger partial charge on any atom is 0.256 e. The van der Waals surface area contributed by atoms with Gasteiger partial charge in [0.25, 0.3) is 5.56 Å². The van der Waals surface area contributed by atoms with Gasteiger partial charge in [-0.1, -0.05) is 0 Å². The number of piperidine rings is 1. The third-order valence-corrected chi connectivity index (χ3v) is 4.08.